The number of urea groups is 1. The lowest BCUT2D eigenvalue weighted by Crippen LogP contribution is -2.54. The van der Waals surface area contributed by atoms with Crippen LogP contribution in [0.15, 0.2) is 41.9 Å². The van der Waals surface area contributed by atoms with Gasteiger partial charge in [0.2, 0.25) is 11.8 Å². The van der Waals surface area contributed by atoms with E-state index in [1.54, 1.807) is 28.4 Å². The Balaban J connectivity index is 1.57. The van der Waals surface area contributed by atoms with Crippen molar-refractivity contribution in [1.29, 1.82) is 0 Å². The topological polar surface area (TPSA) is 129 Å². The molecule has 1 aliphatic rings. The molecule has 0 aliphatic carbocycles. The van der Waals surface area contributed by atoms with E-state index < -0.39 is 45.7 Å². The number of hydrogen-bond donors (Lipinski definition) is 2. The van der Waals surface area contributed by atoms with Crippen LogP contribution >= 0.6 is 11.3 Å². The Labute approximate surface area is 209 Å². The molecule has 1 atom stereocenters. The molecule has 1 fully saturated rings. The standard InChI is InChI=1S/C22H21F2N5O5S2/c1-28(16-4-5-19-17(11-16)25-12-35-19)21(31)18(9-13-7-14(23)10-15(24)8-13)26-22(32)27-36(33,34)29-6-2-3-20(29)30/h4-5,7-8,10-12,18H,2-3,6,9H2,1H3,(H2,26,27,32). The lowest BCUT2D eigenvalue weighted by molar-refractivity contribution is -0.123. The normalized spacial score (nSPS) is 14.6. The summed E-state index contributed by atoms with van der Waals surface area (Å²) in [5.74, 6) is -3.09. The van der Waals surface area contributed by atoms with Gasteiger partial charge in [-0.1, -0.05) is 0 Å². The SMILES string of the molecule is CN(C(=O)C(Cc1cc(F)cc(F)c1)NC(=O)NS(=O)(=O)N1CCCC1=O)c1ccc2scnc2c1. The van der Waals surface area contributed by atoms with Crippen molar-refractivity contribution in [1.82, 2.24) is 19.3 Å². The highest BCUT2D eigenvalue weighted by molar-refractivity contribution is 7.88. The van der Waals surface area contributed by atoms with Crippen molar-refractivity contribution in [3.8, 4) is 0 Å². The van der Waals surface area contributed by atoms with Crippen LogP contribution in [0, 0.1) is 11.6 Å². The highest BCUT2D eigenvalue weighted by atomic mass is 32.2. The van der Waals surface area contributed by atoms with Gasteiger partial charge in [-0.2, -0.15) is 8.42 Å². The maximum Gasteiger partial charge on any atom is 0.330 e. The summed E-state index contributed by atoms with van der Waals surface area (Å²) in [4.78, 5) is 43.2. The van der Waals surface area contributed by atoms with Gasteiger partial charge in [0.25, 0.3) is 0 Å². The third-order valence-corrected chi connectivity index (χ3v) is 7.76. The Hall–Kier alpha value is -3.65. The first-order chi connectivity index (χ1) is 17.0. The van der Waals surface area contributed by atoms with Crippen LogP contribution in [0.25, 0.3) is 10.2 Å². The van der Waals surface area contributed by atoms with Gasteiger partial charge in [-0.05, 0) is 42.3 Å². The number of benzene rings is 2. The average molecular weight is 538 g/mol. The van der Waals surface area contributed by atoms with E-state index in [0.29, 0.717) is 28.0 Å². The molecule has 4 amide bonds. The fourth-order valence-electron chi connectivity index (χ4n) is 3.82. The summed E-state index contributed by atoms with van der Waals surface area (Å²) in [5, 5.41) is 2.26. The predicted octanol–water partition coefficient (Wildman–Crippen LogP) is 2.32. The molecule has 36 heavy (non-hydrogen) atoms. The van der Waals surface area contributed by atoms with Crippen molar-refractivity contribution in [3.05, 3.63) is 59.1 Å². The molecule has 0 saturated carbocycles. The molecule has 2 heterocycles. The summed E-state index contributed by atoms with van der Waals surface area (Å²) < 4.78 is 55.6. The van der Waals surface area contributed by atoms with Crippen molar-refractivity contribution < 1.29 is 31.6 Å². The minimum Gasteiger partial charge on any atom is -0.325 e. The Morgan fingerprint density at radius 3 is 2.58 bits per heavy atom. The molecule has 1 aliphatic heterocycles. The molecule has 2 N–H and O–H groups in total. The second-order valence-corrected chi connectivity index (χ2v) is 10.6. The molecule has 0 spiro atoms. The number of nitrogens with zero attached hydrogens (tertiary/aromatic N) is 3. The van der Waals surface area contributed by atoms with Crippen LogP contribution < -0.4 is 14.9 Å². The molecular formula is C22H21F2N5O5S2. The van der Waals surface area contributed by atoms with Crippen LogP contribution in [-0.2, 0) is 26.2 Å². The van der Waals surface area contributed by atoms with E-state index in [-0.39, 0.29) is 24.9 Å². The molecule has 190 valence electrons. The first-order valence-corrected chi connectivity index (χ1v) is 13.0. The Morgan fingerprint density at radius 1 is 1.19 bits per heavy atom. The van der Waals surface area contributed by atoms with Crippen LogP contribution in [0.3, 0.4) is 0 Å². The lowest BCUT2D eigenvalue weighted by Gasteiger charge is -2.25. The first kappa shape index (κ1) is 25.4. The van der Waals surface area contributed by atoms with Crippen molar-refractivity contribution in [2.24, 2.45) is 0 Å². The van der Waals surface area contributed by atoms with E-state index in [1.165, 1.54) is 23.3 Å². The first-order valence-electron chi connectivity index (χ1n) is 10.7. The summed E-state index contributed by atoms with van der Waals surface area (Å²) in [6, 6.07) is 5.08. The molecular weight excluding hydrogens is 516 g/mol. The zero-order chi connectivity index (χ0) is 26.0. The van der Waals surface area contributed by atoms with Gasteiger partial charge in [-0.3, -0.25) is 9.59 Å². The Bertz CT molecular complexity index is 1430. The highest BCUT2D eigenvalue weighted by Gasteiger charge is 2.34. The summed E-state index contributed by atoms with van der Waals surface area (Å²) >= 11 is 1.42. The molecule has 14 heteroatoms. The minimum absolute atomic E-state index is 0.0307. The third-order valence-electron chi connectivity index (χ3n) is 5.54. The van der Waals surface area contributed by atoms with Crippen molar-refractivity contribution >= 4 is 55.3 Å². The van der Waals surface area contributed by atoms with Gasteiger partial charge in [0.15, 0.2) is 0 Å². The minimum atomic E-state index is -4.49. The van der Waals surface area contributed by atoms with Crippen LogP contribution in [0.4, 0.5) is 19.3 Å². The fraction of sp³-hybridized carbons (Fsp3) is 0.273. The van der Waals surface area contributed by atoms with E-state index >= 15 is 0 Å². The fourth-order valence-corrected chi connectivity index (χ4v) is 5.61. The van der Waals surface area contributed by atoms with Crippen LogP contribution in [0.1, 0.15) is 18.4 Å². The second-order valence-electron chi connectivity index (χ2n) is 8.09. The summed E-state index contributed by atoms with van der Waals surface area (Å²) in [6.07, 6.45) is 0.0115. The van der Waals surface area contributed by atoms with E-state index in [4.69, 9.17) is 0 Å². The van der Waals surface area contributed by atoms with Crippen LogP contribution in [-0.4, -0.2) is 55.2 Å². The molecule has 0 radical (unpaired) electrons. The molecule has 2 aromatic carbocycles. The van der Waals surface area contributed by atoms with E-state index in [0.717, 1.165) is 16.8 Å². The van der Waals surface area contributed by atoms with Gasteiger partial charge in [0.1, 0.15) is 17.7 Å². The highest BCUT2D eigenvalue weighted by Crippen LogP contribution is 2.24. The van der Waals surface area contributed by atoms with Gasteiger partial charge in [-0.15, -0.1) is 11.3 Å². The average Bonchev–Trinajstić information content (AvgIpc) is 3.45. The van der Waals surface area contributed by atoms with Crippen LogP contribution in [0.2, 0.25) is 0 Å². The van der Waals surface area contributed by atoms with E-state index in [1.807, 2.05) is 0 Å². The third kappa shape index (κ3) is 5.60. The number of fused-ring (bicyclic) bond motifs is 1. The second kappa shape index (κ2) is 10.1. The zero-order valence-electron chi connectivity index (χ0n) is 18.9. The number of amides is 4. The number of thiazole rings is 1. The Kier molecular flexibility index (Phi) is 7.17. The van der Waals surface area contributed by atoms with Gasteiger partial charge in [0, 0.05) is 38.2 Å². The summed E-state index contributed by atoms with van der Waals surface area (Å²) in [5.41, 5.74) is 2.79. The number of likely N-dealkylation sites (N-methyl/N-ethyl adjacent to an activating group) is 1. The number of halogens is 2. The molecule has 4 rings (SSSR count). The van der Waals surface area contributed by atoms with Gasteiger partial charge < -0.3 is 10.2 Å². The molecule has 1 unspecified atom stereocenters. The predicted molar refractivity (Wildman–Crippen MR) is 128 cm³/mol. The van der Waals surface area contributed by atoms with Crippen molar-refractivity contribution in [2.75, 3.05) is 18.5 Å². The van der Waals surface area contributed by atoms with E-state index in [9.17, 15) is 31.6 Å². The quantitative estimate of drug-likeness (QED) is 0.476. The number of nitrogens with one attached hydrogen (secondary N) is 2. The van der Waals surface area contributed by atoms with Crippen molar-refractivity contribution in [3.63, 3.8) is 0 Å². The van der Waals surface area contributed by atoms with E-state index in [2.05, 4.69) is 10.3 Å². The summed E-state index contributed by atoms with van der Waals surface area (Å²) in [6.45, 7) is -0.0752. The zero-order valence-corrected chi connectivity index (χ0v) is 20.5. The smallest absolute Gasteiger partial charge is 0.325 e. The number of carbonyl (C=O) groups excluding carboxylic acids is 3. The monoisotopic (exact) mass is 537 g/mol. The number of carbonyl (C=O) groups is 3. The molecule has 1 aromatic heterocycles. The summed E-state index contributed by atoms with van der Waals surface area (Å²) in [7, 11) is -3.05. The number of anilines is 1. The van der Waals surface area contributed by atoms with Crippen molar-refractivity contribution in [2.45, 2.75) is 25.3 Å². The molecule has 1 saturated heterocycles. The number of aromatic nitrogens is 1. The number of hydrogen-bond acceptors (Lipinski definition) is 7. The van der Waals surface area contributed by atoms with Gasteiger partial charge >= 0.3 is 16.2 Å². The molecule has 3 aromatic rings. The van der Waals surface area contributed by atoms with Gasteiger partial charge in [0.05, 0.1) is 15.7 Å². The molecule has 0 bridgehead atoms. The molecule has 10 nitrogen and oxygen atoms in total. The van der Waals surface area contributed by atoms with Crippen LogP contribution in [0.5, 0.6) is 0 Å². The number of rotatable bonds is 7. The Morgan fingerprint density at radius 2 is 1.92 bits per heavy atom. The maximum absolute atomic E-state index is 13.8. The van der Waals surface area contributed by atoms with Gasteiger partial charge in [-0.25, -0.2) is 27.6 Å². The lowest BCUT2D eigenvalue weighted by atomic mass is 10.0. The largest absolute Gasteiger partial charge is 0.330 e. The maximum atomic E-state index is 13.8.